The Morgan fingerprint density at radius 2 is 1.77 bits per heavy atom. The summed E-state index contributed by atoms with van der Waals surface area (Å²) in [5, 5.41) is 3.83. The molecule has 7 nitrogen and oxygen atoms in total. The maximum atomic E-state index is 6.19. The summed E-state index contributed by atoms with van der Waals surface area (Å²) in [6.07, 6.45) is 1.39. The summed E-state index contributed by atoms with van der Waals surface area (Å²) in [6.45, 7) is 0. The molecule has 0 radical (unpaired) electrons. The van der Waals surface area contributed by atoms with Gasteiger partial charge in [-0.15, -0.1) is 0 Å². The average Bonchev–Trinajstić information content (AvgIpc) is 3.08. The van der Waals surface area contributed by atoms with Crippen molar-refractivity contribution >= 4 is 38.2 Å². The number of rotatable bonds is 5. The number of ether oxygens (including phenoxy) is 2. The monoisotopic (exact) mass is 365 g/mol. The smallest absolute Gasteiger partial charge is 0.248 e. The third-order valence-electron chi connectivity index (χ3n) is 3.64. The van der Waals surface area contributed by atoms with E-state index in [1.807, 2.05) is 36.4 Å². The van der Waals surface area contributed by atoms with Crippen molar-refractivity contribution in [3.05, 3.63) is 54.9 Å². The normalized spacial score (nSPS) is 10.7. The number of aromatic nitrogens is 3. The molecule has 0 fully saturated rings. The summed E-state index contributed by atoms with van der Waals surface area (Å²) in [4.78, 5) is 12.8. The van der Waals surface area contributed by atoms with Crippen LogP contribution in [0.5, 0.6) is 17.4 Å². The number of fused-ring (bicyclic) bond motifs is 1. The van der Waals surface area contributed by atoms with Crippen LogP contribution in [-0.4, -0.2) is 22.1 Å². The molecule has 4 aromatic rings. The highest BCUT2D eigenvalue weighted by molar-refractivity contribution is 7.22. The molecule has 26 heavy (non-hydrogen) atoms. The predicted molar refractivity (Wildman–Crippen MR) is 102 cm³/mol. The Balaban J connectivity index is 1.63. The van der Waals surface area contributed by atoms with Gasteiger partial charge in [0.1, 0.15) is 12.0 Å². The number of hydrogen-bond acceptors (Lipinski definition) is 8. The number of nitrogens with one attached hydrogen (secondary N) is 1. The van der Waals surface area contributed by atoms with Gasteiger partial charge in [-0.3, -0.25) is 0 Å². The quantitative estimate of drug-likeness (QED) is 0.547. The third kappa shape index (κ3) is 3.09. The van der Waals surface area contributed by atoms with Gasteiger partial charge in [0, 0.05) is 0 Å². The standard InChI is InChI=1S/C18H15N5O2S/c1-24-12-7-3-4-8-13(12)25-17-15(19)16(20-10-21-17)23-18-22-11-6-2-5-9-14(11)26-18/h2-10H,19H2,1H3,(H,20,21,22,23). The molecular formula is C18H15N5O2S. The first-order valence-corrected chi connectivity index (χ1v) is 8.60. The van der Waals surface area contributed by atoms with Crippen LogP contribution in [0.15, 0.2) is 54.9 Å². The van der Waals surface area contributed by atoms with Crippen molar-refractivity contribution in [3.63, 3.8) is 0 Å². The van der Waals surface area contributed by atoms with E-state index in [0.29, 0.717) is 22.4 Å². The summed E-state index contributed by atoms with van der Waals surface area (Å²) in [7, 11) is 1.58. The van der Waals surface area contributed by atoms with Crippen molar-refractivity contribution in [2.75, 3.05) is 18.2 Å². The number of hydrogen-bond donors (Lipinski definition) is 2. The van der Waals surface area contributed by atoms with Crippen molar-refractivity contribution in [2.24, 2.45) is 0 Å². The Labute approximate surface area is 153 Å². The maximum absolute atomic E-state index is 6.19. The van der Waals surface area contributed by atoms with Gasteiger partial charge in [0.05, 0.1) is 17.3 Å². The van der Waals surface area contributed by atoms with Crippen molar-refractivity contribution in [1.29, 1.82) is 0 Å². The molecule has 0 saturated carbocycles. The van der Waals surface area contributed by atoms with Crippen molar-refractivity contribution in [2.45, 2.75) is 0 Å². The molecule has 2 heterocycles. The van der Waals surface area contributed by atoms with E-state index >= 15 is 0 Å². The minimum Gasteiger partial charge on any atom is -0.493 e. The Bertz CT molecular complexity index is 1030. The van der Waals surface area contributed by atoms with Gasteiger partial charge in [0.25, 0.3) is 0 Å². The van der Waals surface area contributed by atoms with E-state index in [1.54, 1.807) is 19.2 Å². The van der Waals surface area contributed by atoms with E-state index < -0.39 is 0 Å². The Morgan fingerprint density at radius 1 is 1.00 bits per heavy atom. The lowest BCUT2D eigenvalue weighted by Crippen LogP contribution is -2.03. The zero-order chi connectivity index (χ0) is 17.9. The number of nitrogens with two attached hydrogens (primary N) is 1. The number of nitrogen functional groups attached to an aromatic ring is 1. The molecule has 0 aliphatic carbocycles. The van der Waals surface area contributed by atoms with Gasteiger partial charge in [0.15, 0.2) is 22.4 Å². The lowest BCUT2D eigenvalue weighted by molar-refractivity contribution is 0.374. The van der Waals surface area contributed by atoms with Gasteiger partial charge in [-0.1, -0.05) is 35.6 Å². The summed E-state index contributed by atoms with van der Waals surface area (Å²) >= 11 is 1.52. The Hall–Kier alpha value is -3.39. The SMILES string of the molecule is COc1ccccc1Oc1ncnc(Nc2nc3ccccc3s2)c1N. The summed E-state index contributed by atoms with van der Waals surface area (Å²) in [5.41, 5.74) is 7.39. The van der Waals surface area contributed by atoms with Crippen LogP contribution in [0.1, 0.15) is 0 Å². The number of thiazole rings is 1. The fourth-order valence-corrected chi connectivity index (χ4v) is 3.26. The van der Waals surface area contributed by atoms with Gasteiger partial charge < -0.3 is 20.5 Å². The van der Waals surface area contributed by atoms with Gasteiger partial charge >= 0.3 is 0 Å². The van der Waals surface area contributed by atoms with Crippen LogP contribution in [0.2, 0.25) is 0 Å². The van der Waals surface area contributed by atoms with E-state index in [-0.39, 0.29) is 11.6 Å². The minimum atomic E-state index is 0.244. The molecule has 2 aromatic carbocycles. The molecule has 0 aliphatic heterocycles. The van der Waals surface area contributed by atoms with E-state index in [4.69, 9.17) is 15.2 Å². The fourth-order valence-electron chi connectivity index (χ4n) is 2.39. The largest absolute Gasteiger partial charge is 0.493 e. The topological polar surface area (TPSA) is 95.2 Å². The van der Waals surface area contributed by atoms with Gasteiger partial charge in [-0.2, -0.15) is 4.98 Å². The van der Waals surface area contributed by atoms with Crippen LogP contribution in [0.4, 0.5) is 16.6 Å². The molecule has 3 N–H and O–H groups in total. The highest BCUT2D eigenvalue weighted by Gasteiger charge is 2.14. The first-order chi connectivity index (χ1) is 12.7. The van der Waals surface area contributed by atoms with Crippen LogP contribution < -0.4 is 20.5 Å². The zero-order valence-electron chi connectivity index (χ0n) is 13.8. The Kier molecular flexibility index (Phi) is 4.24. The van der Waals surface area contributed by atoms with E-state index in [2.05, 4.69) is 20.3 Å². The number of methoxy groups -OCH3 is 1. The number of benzene rings is 2. The molecule has 0 unspecified atom stereocenters. The Morgan fingerprint density at radius 3 is 2.58 bits per heavy atom. The number of para-hydroxylation sites is 3. The zero-order valence-corrected chi connectivity index (χ0v) is 14.7. The molecule has 0 spiro atoms. The molecule has 0 saturated heterocycles. The average molecular weight is 365 g/mol. The molecule has 130 valence electrons. The molecule has 2 aromatic heterocycles. The highest BCUT2D eigenvalue weighted by atomic mass is 32.1. The van der Waals surface area contributed by atoms with Gasteiger partial charge in [-0.25, -0.2) is 9.97 Å². The summed E-state index contributed by atoms with van der Waals surface area (Å²) < 4.78 is 12.2. The first kappa shape index (κ1) is 16.1. The molecule has 0 bridgehead atoms. The molecule has 8 heteroatoms. The van der Waals surface area contributed by atoms with Crippen molar-refractivity contribution in [1.82, 2.24) is 15.0 Å². The van der Waals surface area contributed by atoms with Crippen LogP contribution >= 0.6 is 11.3 Å². The van der Waals surface area contributed by atoms with Crippen LogP contribution in [-0.2, 0) is 0 Å². The minimum absolute atomic E-state index is 0.244. The van der Waals surface area contributed by atoms with E-state index in [0.717, 1.165) is 10.2 Å². The highest BCUT2D eigenvalue weighted by Crippen LogP contribution is 2.36. The second-order valence-corrected chi connectivity index (χ2v) is 6.34. The molecular weight excluding hydrogens is 350 g/mol. The first-order valence-electron chi connectivity index (χ1n) is 7.78. The molecule has 0 atom stereocenters. The fraction of sp³-hybridized carbons (Fsp3) is 0.0556. The van der Waals surface area contributed by atoms with E-state index in [9.17, 15) is 0 Å². The van der Waals surface area contributed by atoms with Gasteiger partial charge in [0.2, 0.25) is 5.88 Å². The van der Waals surface area contributed by atoms with Crippen LogP contribution in [0.3, 0.4) is 0 Å². The third-order valence-corrected chi connectivity index (χ3v) is 4.59. The molecule has 0 aliphatic rings. The van der Waals surface area contributed by atoms with Crippen LogP contribution in [0, 0.1) is 0 Å². The van der Waals surface area contributed by atoms with Gasteiger partial charge in [-0.05, 0) is 24.3 Å². The van der Waals surface area contributed by atoms with Crippen molar-refractivity contribution in [3.8, 4) is 17.4 Å². The maximum Gasteiger partial charge on any atom is 0.248 e. The summed E-state index contributed by atoms with van der Waals surface area (Å²) in [6, 6.07) is 15.2. The number of nitrogens with zero attached hydrogens (tertiary/aromatic N) is 3. The summed E-state index contributed by atoms with van der Waals surface area (Å²) in [5.74, 6) is 1.79. The molecule has 4 rings (SSSR count). The molecule has 0 amide bonds. The van der Waals surface area contributed by atoms with Crippen molar-refractivity contribution < 1.29 is 9.47 Å². The van der Waals surface area contributed by atoms with Crippen LogP contribution in [0.25, 0.3) is 10.2 Å². The lowest BCUT2D eigenvalue weighted by Gasteiger charge is -2.12. The number of anilines is 3. The van der Waals surface area contributed by atoms with E-state index in [1.165, 1.54) is 17.7 Å². The second-order valence-electron chi connectivity index (χ2n) is 5.31. The second kappa shape index (κ2) is 6.85. The lowest BCUT2D eigenvalue weighted by atomic mass is 10.3. The predicted octanol–water partition coefficient (Wildman–Crippen LogP) is 4.21.